The quantitative estimate of drug-likeness (QED) is 0.827. The fraction of sp³-hybridized carbons (Fsp3) is 0.714. The number of nitrogens with zero attached hydrogens (tertiary/aromatic N) is 2. The van der Waals surface area contributed by atoms with E-state index in [0.29, 0.717) is 25.1 Å². The van der Waals surface area contributed by atoms with Gasteiger partial charge < -0.3 is 15.2 Å². The SMILES string of the molecule is CCOc1ccnc(OCC2(N)CCCCCC2)n1. The third-order valence-electron chi connectivity index (χ3n) is 3.49. The van der Waals surface area contributed by atoms with Crippen molar-refractivity contribution in [3.05, 3.63) is 12.3 Å². The predicted molar refractivity (Wildman–Crippen MR) is 73.3 cm³/mol. The summed E-state index contributed by atoms with van der Waals surface area (Å²) in [5, 5.41) is 0. The number of nitrogens with two attached hydrogens (primary N) is 1. The molecule has 1 aliphatic carbocycles. The lowest BCUT2D eigenvalue weighted by molar-refractivity contribution is 0.184. The largest absolute Gasteiger partial charge is 0.478 e. The van der Waals surface area contributed by atoms with Gasteiger partial charge in [-0.1, -0.05) is 25.7 Å². The van der Waals surface area contributed by atoms with E-state index < -0.39 is 0 Å². The molecular formula is C14H23N3O2. The molecule has 2 rings (SSSR count). The minimum Gasteiger partial charge on any atom is -0.478 e. The maximum absolute atomic E-state index is 6.39. The van der Waals surface area contributed by atoms with Gasteiger partial charge in [0.1, 0.15) is 6.61 Å². The van der Waals surface area contributed by atoms with Gasteiger partial charge >= 0.3 is 6.01 Å². The Morgan fingerprint density at radius 2 is 1.95 bits per heavy atom. The van der Waals surface area contributed by atoms with Crippen molar-refractivity contribution in [2.45, 2.75) is 51.0 Å². The molecule has 1 saturated carbocycles. The maximum atomic E-state index is 6.39. The zero-order valence-corrected chi connectivity index (χ0v) is 11.6. The van der Waals surface area contributed by atoms with Gasteiger partial charge in [0.15, 0.2) is 0 Å². The van der Waals surface area contributed by atoms with Crippen molar-refractivity contribution in [1.82, 2.24) is 9.97 Å². The molecule has 0 aliphatic heterocycles. The highest BCUT2D eigenvalue weighted by molar-refractivity contribution is 5.11. The molecule has 5 heteroatoms. The average molecular weight is 265 g/mol. The zero-order valence-electron chi connectivity index (χ0n) is 11.6. The molecule has 0 spiro atoms. The minimum absolute atomic E-state index is 0.235. The van der Waals surface area contributed by atoms with Crippen LogP contribution in [0, 0.1) is 0 Å². The molecule has 1 aromatic heterocycles. The highest BCUT2D eigenvalue weighted by atomic mass is 16.5. The summed E-state index contributed by atoms with van der Waals surface area (Å²) >= 11 is 0. The van der Waals surface area contributed by atoms with E-state index >= 15 is 0 Å². The fourth-order valence-electron chi connectivity index (χ4n) is 2.41. The van der Waals surface area contributed by atoms with Crippen LogP contribution in [0.1, 0.15) is 45.4 Å². The van der Waals surface area contributed by atoms with Crippen LogP contribution in [0.4, 0.5) is 0 Å². The molecule has 1 heterocycles. The van der Waals surface area contributed by atoms with Gasteiger partial charge in [0.25, 0.3) is 0 Å². The smallest absolute Gasteiger partial charge is 0.319 e. The molecule has 0 radical (unpaired) electrons. The van der Waals surface area contributed by atoms with Gasteiger partial charge in [-0.25, -0.2) is 4.98 Å². The van der Waals surface area contributed by atoms with Crippen LogP contribution in [0.5, 0.6) is 11.9 Å². The summed E-state index contributed by atoms with van der Waals surface area (Å²) in [7, 11) is 0. The van der Waals surface area contributed by atoms with E-state index in [1.54, 1.807) is 12.3 Å². The first-order valence-electron chi connectivity index (χ1n) is 7.09. The van der Waals surface area contributed by atoms with Gasteiger partial charge in [0.2, 0.25) is 5.88 Å². The van der Waals surface area contributed by atoms with E-state index in [-0.39, 0.29) is 5.54 Å². The third-order valence-corrected chi connectivity index (χ3v) is 3.49. The number of rotatable bonds is 5. The van der Waals surface area contributed by atoms with Gasteiger partial charge in [0, 0.05) is 12.3 Å². The van der Waals surface area contributed by atoms with Gasteiger partial charge in [-0.2, -0.15) is 4.98 Å². The lowest BCUT2D eigenvalue weighted by atomic mass is 9.93. The Morgan fingerprint density at radius 1 is 1.21 bits per heavy atom. The molecular weight excluding hydrogens is 242 g/mol. The first-order valence-corrected chi connectivity index (χ1v) is 7.09. The molecule has 0 saturated heterocycles. The minimum atomic E-state index is -0.235. The van der Waals surface area contributed by atoms with Crippen LogP contribution in [0.25, 0.3) is 0 Å². The van der Waals surface area contributed by atoms with Crippen molar-refractivity contribution >= 4 is 0 Å². The third kappa shape index (κ3) is 4.35. The molecule has 5 nitrogen and oxygen atoms in total. The Kier molecular flexibility index (Phi) is 4.96. The normalized spacial score (nSPS) is 18.6. The molecule has 0 atom stereocenters. The maximum Gasteiger partial charge on any atom is 0.319 e. The van der Waals surface area contributed by atoms with E-state index in [1.807, 2.05) is 6.92 Å². The van der Waals surface area contributed by atoms with Crippen molar-refractivity contribution in [2.24, 2.45) is 5.73 Å². The summed E-state index contributed by atoms with van der Waals surface area (Å²) in [6.45, 7) is 2.98. The van der Waals surface area contributed by atoms with Gasteiger partial charge in [-0.05, 0) is 19.8 Å². The number of hydrogen-bond acceptors (Lipinski definition) is 5. The van der Waals surface area contributed by atoms with E-state index in [9.17, 15) is 0 Å². The van der Waals surface area contributed by atoms with Gasteiger partial charge in [-0.3, -0.25) is 0 Å². The first-order chi connectivity index (χ1) is 9.22. The molecule has 106 valence electrons. The van der Waals surface area contributed by atoms with E-state index in [0.717, 1.165) is 12.8 Å². The van der Waals surface area contributed by atoms with Crippen LogP contribution >= 0.6 is 0 Å². The highest BCUT2D eigenvalue weighted by Gasteiger charge is 2.27. The average Bonchev–Trinajstić information content (AvgIpc) is 2.63. The summed E-state index contributed by atoms with van der Waals surface area (Å²) < 4.78 is 11.0. The summed E-state index contributed by atoms with van der Waals surface area (Å²) in [5.74, 6) is 0.541. The number of aromatic nitrogens is 2. The molecule has 19 heavy (non-hydrogen) atoms. The second kappa shape index (κ2) is 6.70. The summed E-state index contributed by atoms with van der Waals surface area (Å²) in [5.41, 5.74) is 6.16. The lowest BCUT2D eigenvalue weighted by Crippen LogP contribution is -2.45. The molecule has 1 aromatic rings. The molecule has 2 N–H and O–H groups in total. The van der Waals surface area contributed by atoms with Crippen molar-refractivity contribution in [2.75, 3.05) is 13.2 Å². The van der Waals surface area contributed by atoms with Crippen molar-refractivity contribution < 1.29 is 9.47 Å². The van der Waals surface area contributed by atoms with Crippen LogP contribution < -0.4 is 15.2 Å². The fourth-order valence-corrected chi connectivity index (χ4v) is 2.41. The lowest BCUT2D eigenvalue weighted by Gasteiger charge is -2.27. The van der Waals surface area contributed by atoms with E-state index in [4.69, 9.17) is 15.2 Å². The topological polar surface area (TPSA) is 70.3 Å². The second-order valence-corrected chi connectivity index (χ2v) is 5.18. The van der Waals surface area contributed by atoms with E-state index in [1.165, 1.54) is 25.7 Å². The highest BCUT2D eigenvalue weighted by Crippen LogP contribution is 2.25. The Balaban J connectivity index is 1.91. The van der Waals surface area contributed by atoms with Crippen molar-refractivity contribution in [1.29, 1.82) is 0 Å². The Labute approximate surface area is 114 Å². The molecule has 0 aromatic carbocycles. The van der Waals surface area contributed by atoms with Crippen LogP contribution in [-0.4, -0.2) is 28.7 Å². The molecule has 0 bridgehead atoms. The summed E-state index contributed by atoms with van der Waals surface area (Å²) in [4.78, 5) is 8.28. The van der Waals surface area contributed by atoms with Gasteiger partial charge in [0.05, 0.1) is 12.1 Å². The Hall–Kier alpha value is -1.36. The second-order valence-electron chi connectivity index (χ2n) is 5.18. The molecule has 0 amide bonds. The predicted octanol–water partition coefficient (Wildman–Crippen LogP) is 2.31. The first kappa shape index (κ1) is 14.1. The monoisotopic (exact) mass is 265 g/mol. The van der Waals surface area contributed by atoms with Crippen LogP contribution in [0.15, 0.2) is 12.3 Å². The Morgan fingerprint density at radius 3 is 2.63 bits per heavy atom. The number of hydrogen-bond donors (Lipinski definition) is 1. The summed E-state index contributed by atoms with van der Waals surface area (Å²) in [6, 6.07) is 2.07. The van der Waals surface area contributed by atoms with Crippen LogP contribution in [-0.2, 0) is 0 Å². The van der Waals surface area contributed by atoms with Crippen LogP contribution in [0.2, 0.25) is 0 Å². The molecule has 1 fully saturated rings. The zero-order chi connectivity index (χ0) is 13.6. The van der Waals surface area contributed by atoms with Crippen molar-refractivity contribution in [3.8, 4) is 11.9 Å². The van der Waals surface area contributed by atoms with Gasteiger partial charge in [-0.15, -0.1) is 0 Å². The Bertz CT molecular complexity index is 390. The summed E-state index contributed by atoms with van der Waals surface area (Å²) in [6.07, 6.45) is 8.57. The standard InChI is InChI=1S/C14H23N3O2/c1-2-18-12-7-10-16-13(17-12)19-11-14(15)8-5-3-4-6-9-14/h7,10H,2-6,8-9,11,15H2,1H3. The van der Waals surface area contributed by atoms with Crippen LogP contribution in [0.3, 0.4) is 0 Å². The van der Waals surface area contributed by atoms with E-state index in [2.05, 4.69) is 9.97 Å². The molecule has 1 aliphatic rings. The molecule has 0 unspecified atom stereocenters. The van der Waals surface area contributed by atoms with Crippen molar-refractivity contribution in [3.63, 3.8) is 0 Å². The number of ether oxygens (including phenoxy) is 2.